The number of amides is 3. The van der Waals surface area contributed by atoms with Gasteiger partial charge in [-0.05, 0) is 12.1 Å². The van der Waals surface area contributed by atoms with Crippen molar-refractivity contribution < 1.29 is 18.8 Å². The molecule has 0 radical (unpaired) electrons. The van der Waals surface area contributed by atoms with Gasteiger partial charge in [-0.25, -0.2) is 0 Å². The zero-order chi connectivity index (χ0) is 14.5. The van der Waals surface area contributed by atoms with E-state index in [-0.39, 0.29) is 30.6 Å². The maximum Gasteiger partial charge on any atom is 0.243 e. The predicted molar refractivity (Wildman–Crippen MR) is 68.8 cm³/mol. The van der Waals surface area contributed by atoms with Gasteiger partial charge in [-0.2, -0.15) is 0 Å². The molecule has 1 atom stereocenters. The molecule has 1 aliphatic heterocycles. The van der Waals surface area contributed by atoms with Gasteiger partial charge in [0.05, 0.1) is 18.7 Å². The van der Waals surface area contributed by atoms with Crippen molar-refractivity contribution in [2.45, 2.75) is 26.3 Å². The van der Waals surface area contributed by atoms with E-state index in [4.69, 9.17) is 4.42 Å². The number of nitrogens with zero attached hydrogens (tertiary/aromatic N) is 1. The van der Waals surface area contributed by atoms with Gasteiger partial charge in [0.25, 0.3) is 0 Å². The van der Waals surface area contributed by atoms with E-state index in [1.807, 2.05) is 0 Å². The molecule has 1 saturated heterocycles. The number of hydrogen-bond acceptors (Lipinski definition) is 4. The minimum Gasteiger partial charge on any atom is -0.467 e. The predicted octanol–water partition coefficient (Wildman–Crippen LogP) is 0.186. The van der Waals surface area contributed by atoms with Gasteiger partial charge in [-0.3, -0.25) is 25.2 Å². The van der Waals surface area contributed by atoms with E-state index in [2.05, 4.69) is 10.9 Å². The van der Waals surface area contributed by atoms with Crippen LogP contribution in [0.1, 0.15) is 25.5 Å². The van der Waals surface area contributed by atoms with Crippen molar-refractivity contribution in [1.82, 2.24) is 15.8 Å². The summed E-state index contributed by atoms with van der Waals surface area (Å²) >= 11 is 0. The molecule has 0 bridgehead atoms. The molecule has 20 heavy (non-hydrogen) atoms. The third-order valence-corrected chi connectivity index (χ3v) is 3.16. The molecule has 108 valence electrons. The van der Waals surface area contributed by atoms with E-state index in [0.717, 1.165) is 0 Å². The van der Waals surface area contributed by atoms with Gasteiger partial charge in [-0.1, -0.05) is 6.92 Å². The molecule has 0 spiro atoms. The van der Waals surface area contributed by atoms with Crippen molar-refractivity contribution in [3.63, 3.8) is 0 Å². The average molecular weight is 279 g/mol. The van der Waals surface area contributed by atoms with Crippen molar-refractivity contribution in [2.24, 2.45) is 5.92 Å². The largest absolute Gasteiger partial charge is 0.467 e. The SMILES string of the molecule is CCC(=O)NNC(=O)C1CC(=O)N(Cc2ccco2)C1. The van der Waals surface area contributed by atoms with Crippen LogP contribution >= 0.6 is 0 Å². The van der Waals surface area contributed by atoms with E-state index in [0.29, 0.717) is 18.8 Å². The van der Waals surface area contributed by atoms with Crippen LogP contribution in [-0.4, -0.2) is 29.2 Å². The summed E-state index contributed by atoms with van der Waals surface area (Å²) < 4.78 is 5.18. The average Bonchev–Trinajstić information content (AvgIpc) is 3.07. The van der Waals surface area contributed by atoms with Crippen molar-refractivity contribution >= 4 is 17.7 Å². The summed E-state index contributed by atoms with van der Waals surface area (Å²) in [4.78, 5) is 36.3. The molecular formula is C13H17N3O4. The Balaban J connectivity index is 1.85. The highest BCUT2D eigenvalue weighted by molar-refractivity contribution is 5.90. The van der Waals surface area contributed by atoms with E-state index in [1.54, 1.807) is 30.2 Å². The number of rotatable bonds is 4. The number of furan rings is 1. The van der Waals surface area contributed by atoms with Crippen LogP contribution in [-0.2, 0) is 20.9 Å². The molecule has 1 aliphatic rings. The Bertz CT molecular complexity index is 498. The minimum atomic E-state index is -0.449. The molecule has 1 unspecified atom stereocenters. The van der Waals surface area contributed by atoms with Crippen molar-refractivity contribution in [2.75, 3.05) is 6.54 Å². The van der Waals surface area contributed by atoms with E-state index < -0.39 is 5.92 Å². The second-order valence-corrected chi connectivity index (χ2v) is 4.65. The van der Waals surface area contributed by atoms with Crippen LogP contribution in [0.15, 0.2) is 22.8 Å². The van der Waals surface area contributed by atoms with E-state index in [9.17, 15) is 14.4 Å². The lowest BCUT2D eigenvalue weighted by molar-refractivity contribution is -0.131. The van der Waals surface area contributed by atoms with Gasteiger partial charge in [0.2, 0.25) is 17.7 Å². The van der Waals surface area contributed by atoms with Crippen LogP contribution in [0.4, 0.5) is 0 Å². The van der Waals surface area contributed by atoms with E-state index in [1.165, 1.54) is 0 Å². The fourth-order valence-electron chi connectivity index (χ4n) is 2.01. The summed E-state index contributed by atoms with van der Waals surface area (Å²) in [5.74, 6) is -0.478. The van der Waals surface area contributed by atoms with Gasteiger partial charge in [0.1, 0.15) is 5.76 Å². The van der Waals surface area contributed by atoms with Crippen LogP contribution in [0.5, 0.6) is 0 Å². The lowest BCUT2D eigenvalue weighted by Crippen LogP contribution is -2.44. The Kier molecular flexibility index (Phi) is 4.39. The van der Waals surface area contributed by atoms with Crippen molar-refractivity contribution in [3.8, 4) is 0 Å². The summed E-state index contributed by atoms with van der Waals surface area (Å²) in [6, 6.07) is 3.53. The Morgan fingerprint density at radius 3 is 2.90 bits per heavy atom. The number of carbonyl (C=O) groups is 3. The maximum absolute atomic E-state index is 11.8. The Morgan fingerprint density at radius 2 is 2.25 bits per heavy atom. The highest BCUT2D eigenvalue weighted by Crippen LogP contribution is 2.20. The molecule has 1 fully saturated rings. The van der Waals surface area contributed by atoms with Gasteiger partial charge < -0.3 is 9.32 Å². The van der Waals surface area contributed by atoms with E-state index >= 15 is 0 Å². The van der Waals surface area contributed by atoms with Crippen LogP contribution < -0.4 is 10.9 Å². The number of nitrogens with one attached hydrogen (secondary N) is 2. The molecule has 2 rings (SSSR count). The Hall–Kier alpha value is -2.31. The van der Waals surface area contributed by atoms with Crippen molar-refractivity contribution in [1.29, 1.82) is 0 Å². The molecule has 0 aliphatic carbocycles. The summed E-state index contributed by atoms with van der Waals surface area (Å²) in [6.45, 7) is 2.37. The fraction of sp³-hybridized carbons (Fsp3) is 0.462. The first-order valence-corrected chi connectivity index (χ1v) is 6.49. The smallest absolute Gasteiger partial charge is 0.243 e. The van der Waals surface area contributed by atoms with Gasteiger partial charge in [0, 0.05) is 19.4 Å². The number of hydrazine groups is 1. The van der Waals surface area contributed by atoms with Crippen LogP contribution in [0.3, 0.4) is 0 Å². The highest BCUT2D eigenvalue weighted by atomic mass is 16.3. The number of hydrogen-bond donors (Lipinski definition) is 2. The molecule has 7 heteroatoms. The molecule has 3 amide bonds. The summed E-state index contributed by atoms with van der Waals surface area (Å²) in [5, 5.41) is 0. The van der Waals surface area contributed by atoms with Crippen LogP contribution in [0.2, 0.25) is 0 Å². The summed E-state index contributed by atoms with van der Waals surface area (Å²) in [5.41, 5.74) is 4.63. The highest BCUT2D eigenvalue weighted by Gasteiger charge is 2.34. The van der Waals surface area contributed by atoms with Crippen LogP contribution in [0.25, 0.3) is 0 Å². The molecular weight excluding hydrogens is 262 g/mol. The second kappa shape index (κ2) is 6.23. The molecule has 0 aromatic carbocycles. The first kappa shape index (κ1) is 14.1. The zero-order valence-electron chi connectivity index (χ0n) is 11.2. The third kappa shape index (κ3) is 3.37. The molecule has 2 N–H and O–H groups in total. The maximum atomic E-state index is 11.8. The Labute approximate surface area is 116 Å². The normalized spacial score (nSPS) is 18.1. The monoisotopic (exact) mass is 279 g/mol. The second-order valence-electron chi connectivity index (χ2n) is 4.65. The first-order chi connectivity index (χ1) is 9.60. The van der Waals surface area contributed by atoms with Gasteiger partial charge in [-0.15, -0.1) is 0 Å². The molecule has 7 nitrogen and oxygen atoms in total. The summed E-state index contributed by atoms with van der Waals surface area (Å²) in [7, 11) is 0. The third-order valence-electron chi connectivity index (χ3n) is 3.16. The first-order valence-electron chi connectivity index (χ1n) is 6.49. The minimum absolute atomic E-state index is 0.0941. The molecule has 1 aromatic heterocycles. The topological polar surface area (TPSA) is 91.7 Å². The van der Waals surface area contributed by atoms with Crippen LogP contribution in [0, 0.1) is 5.92 Å². The number of carbonyl (C=O) groups excluding carboxylic acids is 3. The molecule has 2 heterocycles. The van der Waals surface area contributed by atoms with Crippen molar-refractivity contribution in [3.05, 3.63) is 24.2 Å². The molecule has 0 saturated carbocycles. The lowest BCUT2D eigenvalue weighted by Gasteiger charge is -2.15. The number of likely N-dealkylation sites (tertiary alicyclic amines) is 1. The van der Waals surface area contributed by atoms with Gasteiger partial charge >= 0.3 is 0 Å². The lowest BCUT2D eigenvalue weighted by atomic mass is 10.1. The van der Waals surface area contributed by atoms with Gasteiger partial charge in [0.15, 0.2) is 0 Å². The fourth-order valence-corrected chi connectivity index (χ4v) is 2.01. The quantitative estimate of drug-likeness (QED) is 0.769. The standard InChI is InChI=1S/C13H17N3O4/c1-2-11(17)14-15-13(19)9-6-12(18)16(7-9)8-10-4-3-5-20-10/h3-5,9H,2,6-8H2,1H3,(H,14,17)(H,15,19). The Morgan fingerprint density at radius 1 is 1.45 bits per heavy atom. The summed E-state index contributed by atoms with van der Waals surface area (Å²) in [6.07, 6.45) is 1.98. The molecule has 1 aromatic rings. The zero-order valence-corrected chi connectivity index (χ0v) is 11.2.